The summed E-state index contributed by atoms with van der Waals surface area (Å²) in [7, 11) is 1.79. The van der Waals surface area contributed by atoms with Crippen LogP contribution in [0.2, 0.25) is 0 Å². The van der Waals surface area contributed by atoms with Crippen molar-refractivity contribution in [2.24, 2.45) is 7.05 Å². The zero-order chi connectivity index (χ0) is 11.3. The van der Waals surface area contributed by atoms with Gasteiger partial charge < -0.3 is 14.4 Å². The number of ether oxygens (including phenoxy) is 1. The monoisotopic (exact) mass is 231 g/mol. The van der Waals surface area contributed by atoms with Gasteiger partial charge in [-0.2, -0.15) is 0 Å². The molecule has 1 aromatic heterocycles. The van der Waals surface area contributed by atoms with Gasteiger partial charge in [0.25, 0.3) is 0 Å². The van der Waals surface area contributed by atoms with Crippen molar-refractivity contribution in [2.75, 3.05) is 12.4 Å². The molecule has 0 spiro atoms. The molecule has 0 aliphatic heterocycles. The van der Waals surface area contributed by atoms with E-state index in [1.807, 2.05) is 6.92 Å². The number of hydrogen-bond donors (Lipinski definition) is 1. The molecule has 1 heterocycles. The fraction of sp³-hybridized carbons (Fsp3) is 0.625. The molecule has 0 saturated heterocycles. The van der Waals surface area contributed by atoms with E-state index in [1.165, 1.54) is 0 Å². The molecule has 0 fully saturated rings. The summed E-state index contributed by atoms with van der Waals surface area (Å²) in [6.45, 7) is 2.91. The standard InChI is InChI=1S/C8H13N3O3S/c1-3-14-4-6-9-10-8(11(6)2)15-5-7(12)13/h3-5H2,1-2H3,(H,12,13). The van der Waals surface area contributed by atoms with Crippen LogP contribution in [0.1, 0.15) is 12.7 Å². The van der Waals surface area contributed by atoms with E-state index in [0.29, 0.717) is 24.2 Å². The molecular weight excluding hydrogens is 218 g/mol. The van der Waals surface area contributed by atoms with Crippen molar-refractivity contribution in [3.05, 3.63) is 5.82 Å². The molecule has 1 aromatic rings. The summed E-state index contributed by atoms with van der Waals surface area (Å²) in [5.41, 5.74) is 0. The Kier molecular flexibility index (Phi) is 4.57. The van der Waals surface area contributed by atoms with Crippen LogP contribution in [-0.2, 0) is 23.2 Å². The van der Waals surface area contributed by atoms with Gasteiger partial charge in [0.05, 0.1) is 5.75 Å². The molecule has 84 valence electrons. The maximum absolute atomic E-state index is 10.4. The second-order valence-corrected chi connectivity index (χ2v) is 3.72. The van der Waals surface area contributed by atoms with Crippen LogP contribution in [-0.4, -0.2) is 38.2 Å². The molecule has 0 amide bonds. The van der Waals surface area contributed by atoms with Gasteiger partial charge >= 0.3 is 5.97 Å². The Hall–Kier alpha value is -1.08. The predicted molar refractivity (Wildman–Crippen MR) is 54.7 cm³/mol. The predicted octanol–water partition coefficient (Wildman–Crippen LogP) is 0.528. The smallest absolute Gasteiger partial charge is 0.313 e. The number of aromatic nitrogens is 3. The highest BCUT2D eigenvalue weighted by molar-refractivity contribution is 7.99. The average molecular weight is 231 g/mol. The minimum atomic E-state index is -0.866. The Labute approximate surface area is 91.6 Å². The van der Waals surface area contributed by atoms with Gasteiger partial charge in [-0.05, 0) is 6.92 Å². The van der Waals surface area contributed by atoms with Crippen molar-refractivity contribution >= 4 is 17.7 Å². The third-order valence-electron chi connectivity index (χ3n) is 1.69. The Morgan fingerprint density at radius 1 is 1.60 bits per heavy atom. The van der Waals surface area contributed by atoms with Crippen LogP contribution < -0.4 is 0 Å². The molecule has 0 aliphatic rings. The SMILES string of the molecule is CCOCc1nnc(SCC(=O)O)n1C. The maximum atomic E-state index is 10.4. The molecule has 1 N–H and O–H groups in total. The highest BCUT2D eigenvalue weighted by Crippen LogP contribution is 2.15. The van der Waals surface area contributed by atoms with Crippen molar-refractivity contribution in [2.45, 2.75) is 18.7 Å². The van der Waals surface area contributed by atoms with Gasteiger partial charge in [-0.3, -0.25) is 4.79 Å². The van der Waals surface area contributed by atoms with Crippen molar-refractivity contribution in [1.82, 2.24) is 14.8 Å². The summed E-state index contributed by atoms with van der Waals surface area (Å²) in [5, 5.41) is 16.9. The molecule has 0 aromatic carbocycles. The lowest BCUT2D eigenvalue weighted by Crippen LogP contribution is -2.03. The molecule has 0 radical (unpaired) electrons. The van der Waals surface area contributed by atoms with Gasteiger partial charge in [-0.25, -0.2) is 0 Å². The molecule has 7 heteroatoms. The first-order valence-electron chi connectivity index (χ1n) is 4.45. The van der Waals surface area contributed by atoms with Gasteiger partial charge in [0.15, 0.2) is 11.0 Å². The largest absolute Gasteiger partial charge is 0.481 e. The van der Waals surface area contributed by atoms with E-state index in [-0.39, 0.29) is 5.75 Å². The Balaban J connectivity index is 2.58. The van der Waals surface area contributed by atoms with E-state index in [9.17, 15) is 4.79 Å². The first-order chi connectivity index (χ1) is 7.15. The molecule has 0 unspecified atom stereocenters. The zero-order valence-corrected chi connectivity index (χ0v) is 9.45. The topological polar surface area (TPSA) is 77.2 Å². The van der Waals surface area contributed by atoms with Crippen LogP contribution in [0.3, 0.4) is 0 Å². The van der Waals surface area contributed by atoms with E-state index < -0.39 is 5.97 Å². The van der Waals surface area contributed by atoms with Gasteiger partial charge in [0, 0.05) is 13.7 Å². The lowest BCUT2D eigenvalue weighted by Gasteiger charge is -2.02. The second-order valence-electron chi connectivity index (χ2n) is 2.78. The first-order valence-corrected chi connectivity index (χ1v) is 5.44. The summed E-state index contributed by atoms with van der Waals surface area (Å²) in [5.74, 6) is -0.181. The molecular formula is C8H13N3O3S. The minimum absolute atomic E-state index is 0.0133. The van der Waals surface area contributed by atoms with Crippen LogP contribution in [0.25, 0.3) is 0 Å². The Morgan fingerprint density at radius 2 is 2.33 bits per heavy atom. The number of carbonyl (C=O) groups is 1. The quantitative estimate of drug-likeness (QED) is 0.719. The van der Waals surface area contributed by atoms with Crippen molar-refractivity contribution in [3.8, 4) is 0 Å². The second kappa shape index (κ2) is 5.72. The first kappa shape index (κ1) is 12.0. The van der Waals surface area contributed by atoms with Crippen molar-refractivity contribution < 1.29 is 14.6 Å². The fourth-order valence-corrected chi connectivity index (χ4v) is 1.57. The molecule has 0 aliphatic carbocycles. The highest BCUT2D eigenvalue weighted by Gasteiger charge is 2.10. The average Bonchev–Trinajstić information content (AvgIpc) is 2.54. The zero-order valence-electron chi connectivity index (χ0n) is 8.63. The van der Waals surface area contributed by atoms with Gasteiger partial charge in [0.1, 0.15) is 6.61 Å². The van der Waals surface area contributed by atoms with Crippen LogP contribution in [0.15, 0.2) is 5.16 Å². The van der Waals surface area contributed by atoms with E-state index in [1.54, 1.807) is 11.6 Å². The molecule has 1 rings (SSSR count). The van der Waals surface area contributed by atoms with E-state index >= 15 is 0 Å². The van der Waals surface area contributed by atoms with Gasteiger partial charge in [0.2, 0.25) is 0 Å². The number of carboxylic acids is 1. The molecule has 0 atom stereocenters. The third-order valence-corrected chi connectivity index (χ3v) is 2.69. The summed E-state index contributed by atoms with van der Waals surface area (Å²) in [6.07, 6.45) is 0. The summed E-state index contributed by atoms with van der Waals surface area (Å²) in [4.78, 5) is 10.4. The highest BCUT2D eigenvalue weighted by atomic mass is 32.2. The third kappa shape index (κ3) is 3.52. The van der Waals surface area contributed by atoms with E-state index in [0.717, 1.165) is 11.8 Å². The van der Waals surface area contributed by atoms with Crippen LogP contribution >= 0.6 is 11.8 Å². The van der Waals surface area contributed by atoms with E-state index in [2.05, 4.69) is 10.2 Å². The van der Waals surface area contributed by atoms with Crippen LogP contribution in [0.4, 0.5) is 0 Å². The van der Waals surface area contributed by atoms with E-state index in [4.69, 9.17) is 9.84 Å². The molecule has 6 nitrogen and oxygen atoms in total. The molecule has 0 bridgehead atoms. The molecule has 0 saturated carbocycles. The number of aliphatic carboxylic acids is 1. The minimum Gasteiger partial charge on any atom is -0.481 e. The maximum Gasteiger partial charge on any atom is 0.313 e. The number of hydrogen-bond acceptors (Lipinski definition) is 5. The number of carboxylic acid groups (broad SMARTS) is 1. The summed E-state index contributed by atoms with van der Waals surface area (Å²) >= 11 is 1.14. The molecule has 15 heavy (non-hydrogen) atoms. The number of thioether (sulfide) groups is 1. The van der Waals surface area contributed by atoms with Gasteiger partial charge in [-0.15, -0.1) is 10.2 Å². The summed E-state index contributed by atoms with van der Waals surface area (Å²) < 4.78 is 6.93. The Morgan fingerprint density at radius 3 is 2.93 bits per heavy atom. The van der Waals surface area contributed by atoms with Crippen LogP contribution in [0, 0.1) is 0 Å². The number of rotatable bonds is 6. The summed E-state index contributed by atoms with van der Waals surface area (Å²) in [6, 6.07) is 0. The normalized spacial score (nSPS) is 10.5. The Bertz CT molecular complexity index is 340. The lowest BCUT2D eigenvalue weighted by molar-refractivity contribution is -0.133. The van der Waals surface area contributed by atoms with Gasteiger partial charge in [-0.1, -0.05) is 11.8 Å². The van der Waals surface area contributed by atoms with Crippen molar-refractivity contribution in [3.63, 3.8) is 0 Å². The van der Waals surface area contributed by atoms with Crippen LogP contribution in [0.5, 0.6) is 0 Å². The lowest BCUT2D eigenvalue weighted by atomic mass is 10.6. The number of nitrogens with zero attached hydrogens (tertiary/aromatic N) is 3. The fourth-order valence-electron chi connectivity index (χ4n) is 0.916. The van der Waals surface area contributed by atoms with Crippen molar-refractivity contribution in [1.29, 1.82) is 0 Å².